The topological polar surface area (TPSA) is 126 Å². The van der Waals surface area contributed by atoms with Crippen LogP contribution >= 0.6 is 0 Å². The minimum absolute atomic E-state index is 0.0511. The number of nitrogens with one attached hydrogen (secondary N) is 2. The first kappa shape index (κ1) is 38.3. The van der Waals surface area contributed by atoms with E-state index >= 15 is 0 Å². The number of nitrogens with zero attached hydrogens (tertiary/aromatic N) is 4. The molecule has 2 aliphatic rings. The van der Waals surface area contributed by atoms with Gasteiger partial charge >= 0.3 is 6.18 Å². The minimum Gasteiger partial charge on any atom is -0.495 e. The number of amides is 1. The normalized spacial score (nSPS) is 21.6. The molecule has 3 aromatic rings. The molecule has 5 rings (SSSR count). The van der Waals surface area contributed by atoms with Gasteiger partial charge in [0.15, 0.2) is 0 Å². The number of carbonyl (C=O) groups excluding carboxylic acids is 1. The molecule has 278 valence electrons. The van der Waals surface area contributed by atoms with Crippen molar-refractivity contribution in [3.8, 4) is 5.75 Å². The average Bonchev–Trinajstić information content (AvgIpc) is 3.06. The number of morpholine rings is 1. The van der Waals surface area contributed by atoms with E-state index < -0.39 is 21.8 Å². The van der Waals surface area contributed by atoms with Crippen LogP contribution in [0.15, 0.2) is 42.6 Å². The number of aryl methyl sites for hydroxylation is 3. The Kier molecular flexibility index (Phi) is 11.8. The van der Waals surface area contributed by atoms with Gasteiger partial charge in [-0.15, -0.1) is 0 Å². The number of aromatic nitrogens is 2. The first-order chi connectivity index (χ1) is 24.0. The third kappa shape index (κ3) is 9.69. The van der Waals surface area contributed by atoms with E-state index in [1.54, 1.807) is 43.3 Å². The Hall–Kier alpha value is -3.95. The Labute approximate surface area is 298 Å². The Balaban J connectivity index is 1.27. The van der Waals surface area contributed by atoms with Gasteiger partial charge in [0.2, 0.25) is 16.0 Å². The second-order valence-electron chi connectivity index (χ2n) is 13.6. The van der Waals surface area contributed by atoms with E-state index in [1.807, 2.05) is 0 Å². The largest absolute Gasteiger partial charge is 0.495 e. The first-order valence-corrected chi connectivity index (χ1v) is 19.0. The van der Waals surface area contributed by atoms with Crippen molar-refractivity contribution in [3.63, 3.8) is 0 Å². The number of alkyl halides is 3. The molecule has 0 bridgehead atoms. The van der Waals surface area contributed by atoms with E-state index in [9.17, 15) is 26.4 Å². The Morgan fingerprint density at radius 3 is 2.37 bits per heavy atom. The molecule has 1 amide bonds. The fourth-order valence-corrected chi connectivity index (χ4v) is 7.47. The molecule has 1 saturated heterocycles. The van der Waals surface area contributed by atoms with E-state index in [1.165, 1.54) is 14.2 Å². The predicted octanol–water partition coefficient (Wildman–Crippen LogP) is 5.89. The second kappa shape index (κ2) is 15.7. The summed E-state index contributed by atoms with van der Waals surface area (Å²) in [6.45, 7) is 7.85. The molecule has 2 aromatic carbocycles. The molecule has 2 fully saturated rings. The highest BCUT2D eigenvalue weighted by atomic mass is 32.2. The molecule has 0 radical (unpaired) electrons. The zero-order valence-corrected chi connectivity index (χ0v) is 30.7. The van der Waals surface area contributed by atoms with Crippen LogP contribution in [-0.4, -0.2) is 87.0 Å². The molecule has 15 heteroatoms. The number of halogens is 3. The summed E-state index contributed by atoms with van der Waals surface area (Å²) in [6.07, 6.45) is 1.20. The lowest BCUT2D eigenvalue weighted by Crippen LogP contribution is -2.52. The van der Waals surface area contributed by atoms with Crippen molar-refractivity contribution in [1.29, 1.82) is 0 Å². The van der Waals surface area contributed by atoms with Crippen LogP contribution in [0, 0.1) is 6.92 Å². The number of hydrogen-bond donors (Lipinski definition) is 2. The second-order valence-corrected chi connectivity index (χ2v) is 15.7. The number of carbonyl (C=O) groups is 1. The Bertz CT molecular complexity index is 1810. The number of methoxy groups -OCH3 is 1. The molecule has 11 nitrogen and oxygen atoms in total. The number of ether oxygens (including phenoxy) is 2. The summed E-state index contributed by atoms with van der Waals surface area (Å²) >= 11 is 0. The van der Waals surface area contributed by atoms with Crippen LogP contribution < -0.4 is 19.7 Å². The molecular formula is C36H47F3N6O5S. The van der Waals surface area contributed by atoms with Crippen molar-refractivity contribution in [2.24, 2.45) is 0 Å². The molecule has 1 saturated carbocycles. The number of hydrogen-bond acceptors (Lipinski definition) is 9. The van der Waals surface area contributed by atoms with Crippen LogP contribution in [0.3, 0.4) is 0 Å². The van der Waals surface area contributed by atoms with E-state index in [2.05, 4.69) is 39.3 Å². The molecule has 51 heavy (non-hydrogen) atoms. The zero-order valence-electron chi connectivity index (χ0n) is 29.9. The monoisotopic (exact) mass is 732 g/mol. The number of rotatable bonds is 11. The summed E-state index contributed by atoms with van der Waals surface area (Å²) in [5.74, 6) is -0.0336. The molecule has 2 N–H and O–H groups in total. The van der Waals surface area contributed by atoms with Crippen LogP contribution in [0.4, 0.5) is 30.5 Å². The van der Waals surface area contributed by atoms with Gasteiger partial charge in [-0.25, -0.2) is 18.4 Å². The quantitative estimate of drug-likeness (QED) is 0.249. The molecule has 2 atom stereocenters. The smallest absolute Gasteiger partial charge is 0.419 e. The van der Waals surface area contributed by atoms with E-state index in [-0.39, 0.29) is 48.6 Å². The van der Waals surface area contributed by atoms with Crippen molar-refractivity contribution in [3.05, 3.63) is 70.5 Å². The van der Waals surface area contributed by atoms with Gasteiger partial charge in [-0.3, -0.25) is 14.0 Å². The van der Waals surface area contributed by atoms with Crippen molar-refractivity contribution < 1.29 is 35.9 Å². The summed E-state index contributed by atoms with van der Waals surface area (Å²) in [7, 11) is -0.769. The molecular weight excluding hydrogens is 685 g/mol. The zero-order chi connectivity index (χ0) is 37.1. The van der Waals surface area contributed by atoms with E-state index in [4.69, 9.17) is 9.47 Å². The van der Waals surface area contributed by atoms with Crippen LogP contribution in [0.25, 0.3) is 0 Å². The fourth-order valence-electron chi connectivity index (χ4n) is 6.94. The van der Waals surface area contributed by atoms with Gasteiger partial charge in [0.05, 0.1) is 48.2 Å². The SMILES string of the molecule is COc1cc(C(=O)NC2CCC(N3C[C@@H](C)O[C@@H](C)C3)CC2)ccc1Nc1ncc(C(F)(F)F)c(CCc2ccc(C)cc2N(C)S(C)(=O)=O)n1. The van der Waals surface area contributed by atoms with Crippen LogP contribution in [-0.2, 0) is 33.8 Å². The van der Waals surface area contributed by atoms with Crippen molar-refractivity contribution in [2.45, 2.75) is 89.8 Å². The van der Waals surface area contributed by atoms with Crippen molar-refractivity contribution >= 4 is 33.3 Å². The third-order valence-electron chi connectivity index (χ3n) is 9.59. The first-order valence-electron chi connectivity index (χ1n) is 17.1. The standard InChI is InChI=1S/C36H47F3N6O5S/c1-22-7-8-25(32(17-22)44(4)51(6,47)48)9-15-30-29(36(37,38)39)19-40-35(42-30)43-31-16-10-26(18-33(31)49-5)34(46)41-27-11-13-28(14-12-27)45-20-23(2)50-24(3)21-45/h7-8,10,16-19,23-24,27-28H,9,11-15,20-21H2,1-6H3,(H,41,46)(H,40,42,43)/t23-,24+,27?,28?. The summed E-state index contributed by atoms with van der Waals surface area (Å²) in [5.41, 5.74) is 1.26. The van der Waals surface area contributed by atoms with Crippen molar-refractivity contribution in [2.75, 3.05) is 43.1 Å². The highest BCUT2D eigenvalue weighted by Gasteiger charge is 2.35. The molecule has 1 aromatic heterocycles. The predicted molar refractivity (Wildman–Crippen MR) is 190 cm³/mol. The Morgan fingerprint density at radius 2 is 1.75 bits per heavy atom. The van der Waals surface area contributed by atoms with Gasteiger partial charge in [0, 0.05) is 44.0 Å². The van der Waals surface area contributed by atoms with Gasteiger partial charge < -0.3 is 20.1 Å². The minimum atomic E-state index is -4.71. The Morgan fingerprint density at radius 1 is 1.06 bits per heavy atom. The number of sulfonamides is 1. The van der Waals surface area contributed by atoms with Gasteiger partial charge in [0.25, 0.3) is 5.91 Å². The summed E-state index contributed by atoms with van der Waals surface area (Å²) < 4.78 is 79.2. The number of benzene rings is 2. The van der Waals surface area contributed by atoms with Gasteiger partial charge in [-0.2, -0.15) is 13.2 Å². The summed E-state index contributed by atoms with van der Waals surface area (Å²) in [4.78, 5) is 23.9. The maximum atomic E-state index is 14.0. The van der Waals surface area contributed by atoms with E-state index in [0.29, 0.717) is 34.3 Å². The lowest BCUT2D eigenvalue weighted by atomic mass is 9.89. The van der Waals surface area contributed by atoms with Crippen molar-refractivity contribution in [1.82, 2.24) is 20.2 Å². The molecule has 2 heterocycles. The maximum Gasteiger partial charge on any atom is 0.419 e. The number of anilines is 3. The molecule has 1 aliphatic heterocycles. The highest BCUT2D eigenvalue weighted by Crippen LogP contribution is 2.34. The third-order valence-corrected chi connectivity index (χ3v) is 10.8. The maximum absolute atomic E-state index is 14.0. The van der Waals surface area contributed by atoms with Gasteiger partial charge in [-0.1, -0.05) is 12.1 Å². The summed E-state index contributed by atoms with van der Waals surface area (Å²) in [6, 6.07) is 10.5. The van der Waals surface area contributed by atoms with Crippen LogP contribution in [0.2, 0.25) is 0 Å². The highest BCUT2D eigenvalue weighted by molar-refractivity contribution is 7.92. The molecule has 0 unspecified atom stereocenters. The average molecular weight is 733 g/mol. The lowest BCUT2D eigenvalue weighted by molar-refractivity contribution is -0.138. The molecule has 0 spiro atoms. The van der Waals surface area contributed by atoms with E-state index in [0.717, 1.165) is 61.1 Å². The molecule has 1 aliphatic carbocycles. The van der Waals surface area contributed by atoms with Crippen LogP contribution in [0.1, 0.15) is 72.3 Å². The lowest BCUT2D eigenvalue weighted by Gasteiger charge is -2.42. The summed E-state index contributed by atoms with van der Waals surface area (Å²) in [5, 5.41) is 6.09. The van der Waals surface area contributed by atoms with Gasteiger partial charge in [0.1, 0.15) is 5.75 Å². The van der Waals surface area contributed by atoms with Crippen LogP contribution in [0.5, 0.6) is 5.75 Å². The van der Waals surface area contributed by atoms with Gasteiger partial charge in [-0.05, 0) is 94.7 Å². The fraction of sp³-hybridized carbons (Fsp3) is 0.528.